The number of urea groups is 1. The summed E-state index contributed by atoms with van der Waals surface area (Å²) < 4.78 is 5.29. The molecule has 4 rings (SSSR count). The van der Waals surface area contributed by atoms with Gasteiger partial charge in [0.15, 0.2) is 0 Å². The Morgan fingerprint density at radius 2 is 1.89 bits per heavy atom. The molecule has 8 nitrogen and oxygen atoms in total. The lowest BCUT2D eigenvalue weighted by atomic mass is 9.83. The largest absolute Gasteiger partial charge is 0.385 e. The number of methoxy groups -OCH3 is 1. The molecule has 9 heteroatoms. The van der Waals surface area contributed by atoms with Gasteiger partial charge in [-0.3, -0.25) is 4.79 Å². The number of benzene rings is 1. The lowest BCUT2D eigenvalue weighted by Crippen LogP contribution is -2.60. The highest BCUT2D eigenvalue weighted by Gasteiger charge is 2.55. The van der Waals surface area contributed by atoms with E-state index in [0.717, 1.165) is 36.1 Å². The molecule has 1 unspecified atom stereocenters. The van der Waals surface area contributed by atoms with Crippen LogP contribution in [0.5, 0.6) is 0 Å². The first-order valence-corrected chi connectivity index (χ1v) is 16.2. The van der Waals surface area contributed by atoms with E-state index in [0.29, 0.717) is 19.6 Å². The van der Waals surface area contributed by atoms with E-state index in [1.807, 2.05) is 49.1 Å². The molecule has 2 heterocycles. The maximum absolute atomic E-state index is 13.5. The molecule has 35 heavy (non-hydrogen) atoms. The van der Waals surface area contributed by atoms with Gasteiger partial charge in [0.1, 0.15) is 6.17 Å². The van der Waals surface area contributed by atoms with E-state index in [1.54, 1.807) is 7.11 Å². The Hall–Kier alpha value is -2.36. The summed E-state index contributed by atoms with van der Waals surface area (Å²) in [6, 6.07) is 9.72. The van der Waals surface area contributed by atoms with Crippen LogP contribution in [0, 0.1) is 0 Å². The molecule has 0 bridgehead atoms. The van der Waals surface area contributed by atoms with Crippen LogP contribution in [-0.4, -0.2) is 56.9 Å². The van der Waals surface area contributed by atoms with Gasteiger partial charge in [-0.2, -0.15) is 0 Å². The Bertz CT molecular complexity index is 984. The molecular formula is C26H41N5O3Si. The first kappa shape index (κ1) is 25.7. The minimum atomic E-state index is -1.68. The van der Waals surface area contributed by atoms with Gasteiger partial charge in [0.25, 0.3) is 0 Å². The molecule has 0 spiro atoms. The van der Waals surface area contributed by atoms with E-state index in [2.05, 4.69) is 41.1 Å². The van der Waals surface area contributed by atoms with Crippen LogP contribution in [0.1, 0.15) is 51.1 Å². The highest BCUT2D eigenvalue weighted by atomic mass is 28.3. The second kappa shape index (κ2) is 9.59. The molecule has 0 aromatic heterocycles. The number of rotatable bonds is 8. The van der Waals surface area contributed by atoms with Crippen molar-refractivity contribution >= 4 is 20.0 Å². The van der Waals surface area contributed by atoms with Crippen molar-refractivity contribution in [1.82, 2.24) is 26.4 Å². The normalized spacial score (nSPS) is 23.3. The second-order valence-corrected chi connectivity index (χ2v) is 17.1. The Morgan fingerprint density at radius 1 is 1.20 bits per heavy atom. The first-order valence-electron chi connectivity index (χ1n) is 12.7. The lowest BCUT2D eigenvalue weighted by molar-refractivity contribution is -0.127. The molecule has 0 saturated heterocycles. The van der Waals surface area contributed by atoms with Crippen LogP contribution in [0.25, 0.3) is 0 Å². The number of nitrogens with zero attached hydrogens (tertiary/aromatic N) is 1. The predicted octanol–water partition coefficient (Wildman–Crippen LogP) is 3.63. The molecule has 192 valence electrons. The fourth-order valence-corrected chi connectivity index (χ4v) is 8.32. The maximum Gasteiger partial charge on any atom is 0.318 e. The number of ether oxygens (including phenoxy) is 1. The molecule has 1 fully saturated rings. The number of hydrogen-bond acceptors (Lipinski definition) is 5. The van der Waals surface area contributed by atoms with E-state index < -0.39 is 13.6 Å². The van der Waals surface area contributed by atoms with E-state index in [4.69, 9.17) is 4.74 Å². The van der Waals surface area contributed by atoms with Crippen molar-refractivity contribution in [3.05, 3.63) is 47.2 Å². The molecule has 4 N–H and O–H groups in total. The number of amides is 3. The summed E-state index contributed by atoms with van der Waals surface area (Å²) in [5.74, 6) is 0.153. The summed E-state index contributed by atoms with van der Waals surface area (Å²) >= 11 is 0. The van der Waals surface area contributed by atoms with Gasteiger partial charge < -0.3 is 25.7 Å². The van der Waals surface area contributed by atoms with Crippen LogP contribution >= 0.6 is 0 Å². The number of nitrogens with one attached hydrogen (secondary N) is 4. The van der Waals surface area contributed by atoms with Crippen molar-refractivity contribution in [1.29, 1.82) is 0 Å². The van der Waals surface area contributed by atoms with Gasteiger partial charge in [0.05, 0.1) is 25.4 Å². The summed E-state index contributed by atoms with van der Waals surface area (Å²) in [5.41, 5.74) is 9.03. The average molecular weight is 500 g/mol. The van der Waals surface area contributed by atoms with Crippen molar-refractivity contribution in [3.63, 3.8) is 0 Å². The molecule has 1 aromatic rings. The van der Waals surface area contributed by atoms with Crippen molar-refractivity contribution in [2.24, 2.45) is 0 Å². The zero-order valence-electron chi connectivity index (χ0n) is 22.0. The maximum atomic E-state index is 13.5. The third-order valence-electron chi connectivity index (χ3n) is 8.33. The minimum Gasteiger partial charge on any atom is -0.385 e. The Balaban J connectivity index is 1.47. The van der Waals surface area contributed by atoms with Crippen LogP contribution in [0.15, 0.2) is 41.6 Å². The van der Waals surface area contributed by atoms with E-state index in [1.165, 1.54) is 0 Å². The first-order chi connectivity index (χ1) is 16.5. The van der Waals surface area contributed by atoms with Crippen LogP contribution in [0.3, 0.4) is 0 Å². The third kappa shape index (κ3) is 4.61. The molecule has 3 aliphatic rings. The van der Waals surface area contributed by atoms with Crippen LogP contribution in [0.4, 0.5) is 4.79 Å². The quantitative estimate of drug-likeness (QED) is 0.410. The third-order valence-corrected chi connectivity index (χ3v) is 11.9. The summed E-state index contributed by atoms with van der Waals surface area (Å²) in [6.07, 6.45) is 3.44. The lowest BCUT2D eigenvalue weighted by Gasteiger charge is -2.49. The monoisotopic (exact) mass is 499 g/mol. The van der Waals surface area contributed by atoms with Crippen LogP contribution < -0.4 is 21.5 Å². The molecule has 0 radical (unpaired) electrons. The molecule has 3 amide bonds. The Kier molecular flexibility index (Phi) is 7.05. The van der Waals surface area contributed by atoms with Gasteiger partial charge in [-0.25, -0.2) is 10.2 Å². The Morgan fingerprint density at radius 3 is 2.46 bits per heavy atom. The molecule has 1 aromatic carbocycles. The molecule has 2 aliphatic heterocycles. The molecule has 2 atom stereocenters. The predicted molar refractivity (Wildman–Crippen MR) is 140 cm³/mol. The number of hydrogen-bond donors (Lipinski definition) is 4. The minimum absolute atomic E-state index is 0.126. The SMILES string of the molecule is COCC[C@@H](NC(=O)N1CC2=C(NNC2NC(=O)C2([Si](C)(C)C)CCC2)C1(C)C)c1ccccc1. The number of hydrazine groups is 1. The fraction of sp³-hybridized carbons (Fsp3) is 0.615. The van der Waals surface area contributed by atoms with Gasteiger partial charge in [-0.15, -0.1) is 0 Å². The van der Waals surface area contributed by atoms with Crippen LogP contribution in [-0.2, 0) is 9.53 Å². The summed E-state index contributed by atoms with van der Waals surface area (Å²) in [7, 11) is -0.00376. The van der Waals surface area contributed by atoms with Gasteiger partial charge in [-0.05, 0) is 38.7 Å². The van der Waals surface area contributed by atoms with Gasteiger partial charge in [0.2, 0.25) is 5.91 Å². The molecule has 1 saturated carbocycles. The average Bonchev–Trinajstić information content (AvgIpc) is 3.27. The van der Waals surface area contributed by atoms with Crippen LogP contribution in [0.2, 0.25) is 24.7 Å². The highest BCUT2D eigenvalue weighted by molar-refractivity contribution is 6.82. The van der Waals surface area contributed by atoms with E-state index >= 15 is 0 Å². The van der Waals surface area contributed by atoms with Crippen molar-refractivity contribution in [2.45, 2.75) is 82.0 Å². The standard InChI is InChI=1S/C26H41N5O3Si/c1-25(2)21-19(22(30-29-21)28-23(32)26(14-10-15-26)35(4,5)6)17-31(25)24(33)27-20(13-16-34-3)18-11-8-7-9-12-18/h7-9,11-12,20,22,29-30H,10,13-17H2,1-6H3,(H,27,33)(H,28,32)/t20-,22?/m1/s1. The molecule has 1 aliphatic carbocycles. The fourth-order valence-electron chi connectivity index (χ4n) is 5.71. The van der Waals surface area contributed by atoms with Crippen molar-refractivity contribution < 1.29 is 14.3 Å². The van der Waals surface area contributed by atoms with Gasteiger partial charge in [-0.1, -0.05) is 56.4 Å². The van der Waals surface area contributed by atoms with E-state index in [-0.39, 0.29) is 29.2 Å². The Labute approximate surface area is 210 Å². The summed E-state index contributed by atoms with van der Waals surface area (Å²) in [5, 5.41) is 6.30. The summed E-state index contributed by atoms with van der Waals surface area (Å²) in [4.78, 5) is 28.8. The topological polar surface area (TPSA) is 94.7 Å². The smallest absolute Gasteiger partial charge is 0.318 e. The summed E-state index contributed by atoms with van der Waals surface area (Å²) in [6.45, 7) is 11.9. The zero-order chi connectivity index (χ0) is 25.4. The number of carbonyl (C=O) groups excluding carboxylic acids is 2. The molecular weight excluding hydrogens is 458 g/mol. The highest BCUT2D eigenvalue weighted by Crippen LogP contribution is 2.55. The van der Waals surface area contributed by atoms with Crippen molar-refractivity contribution in [3.8, 4) is 0 Å². The van der Waals surface area contributed by atoms with Gasteiger partial charge in [0, 0.05) is 30.9 Å². The van der Waals surface area contributed by atoms with Crippen molar-refractivity contribution in [2.75, 3.05) is 20.3 Å². The van der Waals surface area contributed by atoms with E-state index in [9.17, 15) is 9.59 Å². The zero-order valence-corrected chi connectivity index (χ0v) is 23.0. The number of carbonyl (C=O) groups is 2. The second-order valence-electron chi connectivity index (χ2n) is 11.6. The van der Waals surface area contributed by atoms with Gasteiger partial charge >= 0.3 is 6.03 Å².